The van der Waals surface area contributed by atoms with E-state index in [0.717, 1.165) is 16.5 Å². The molecule has 0 N–H and O–H groups in total. The molecule has 138 valence electrons. The molecule has 0 fully saturated rings. The summed E-state index contributed by atoms with van der Waals surface area (Å²) < 4.78 is 10.6. The highest BCUT2D eigenvalue weighted by molar-refractivity contribution is 6.32. The number of fused-ring (bicyclic) bond motifs is 1. The number of non-ortho nitro benzene ring substituents is 1. The molecule has 0 unspecified atom stereocenters. The summed E-state index contributed by atoms with van der Waals surface area (Å²) in [5, 5.41) is 11.7. The molecule has 0 amide bonds. The summed E-state index contributed by atoms with van der Waals surface area (Å²) in [5.74, 6) is -0.259. The molecule has 7 nitrogen and oxygen atoms in total. The molecule has 3 rings (SSSR count). The van der Waals surface area contributed by atoms with Crippen molar-refractivity contribution in [3.63, 3.8) is 0 Å². The molecule has 1 heterocycles. The number of benzene rings is 2. The van der Waals surface area contributed by atoms with Gasteiger partial charge in [0.05, 0.1) is 33.8 Å². The number of pyridine rings is 1. The molecule has 2 aromatic carbocycles. The average Bonchev–Trinajstić information content (AvgIpc) is 2.66. The number of nitro groups is 1. The Hall–Kier alpha value is -3.19. The van der Waals surface area contributed by atoms with Crippen LogP contribution in [-0.2, 0) is 11.3 Å². The number of aromatic nitrogens is 1. The van der Waals surface area contributed by atoms with Crippen molar-refractivity contribution in [3.8, 4) is 5.75 Å². The van der Waals surface area contributed by atoms with Gasteiger partial charge in [-0.2, -0.15) is 0 Å². The van der Waals surface area contributed by atoms with E-state index in [4.69, 9.17) is 21.1 Å². The number of hydrogen-bond acceptors (Lipinski definition) is 6. The zero-order valence-corrected chi connectivity index (χ0v) is 15.3. The fourth-order valence-electron chi connectivity index (χ4n) is 2.78. The Morgan fingerprint density at radius 2 is 2.00 bits per heavy atom. The molecular weight excluding hydrogens is 372 g/mol. The molecule has 27 heavy (non-hydrogen) atoms. The summed E-state index contributed by atoms with van der Waals surface area (Å²) in [6.07, 6.45) is 0. The van der Waals surface area contributed by atoms with Gasteiger partial charge in [0.25, 0.3) is 5.69 Å². The maximum Gasteiger partial charge on any atom is 0.340 e. The number of esters is 1. The van der Waals surface area contributed by atoms with E-state index < -0.39 is 10.9 Å². The molecule has 0 saturated heterocycles. The Bertz CT molecular complexity index is 1050. The molecule has 3 aromatic rings. The number of para-hydroxylation sites is 1. The molecule has 0 bridgehead atoms. The zero-order chi connectivity index (χ0) is 19.6. The van der Waals surface area contributed by atoms with Crippen LogP contribution in [0.15, 0.2) is 42.5 Å². The first-order chi connectivity index (χ1) is 12.9. The standard InChI is InChI=1S/C19H15ClN2O5/c1-11-13-5-3-4-6-15(13)21-16(18(11)19(23)26-2)10-27-17-8-7-12(22(24)25)9-14(17)20/h3-9H,10H2,1-2H3. The average molecular weight is 387 g/mol. The summed E-state index contributed by atoms with van der Waals surface area (Å²) in [6, 6.07) is 11.3. The first kappa shape index (κ1) is 18.6. The predicted octanol–water partition coefficient (Wildman–Crippen LogP) is 4.47. The third kappa shape index (κ3) is 3.68. The fraction of sp³-hybridized carbons (Fsp3) is 0.158. The minimum atomic E-state index is -0.542. The van der Waals surface area contributed by atoms with Crippen LogP contribution < -0.4 is 4.74 Å². The Morgan fingerprint density at radius 3 is 2.67 bits per heavy atom. The number of methoxy groups -OCH3 is 1. The normalized spacial score (nSPS) is 10.6. The summed E-state index contributed by atoms with van der Waals surface area (Å²) >= 11 is 6.05. The maximum absolute atomic E-state index is 12.3. The summed E-state index contributed by atoms with van der Waals surface area (Å²) in [4.78, 5) is 27.1. The second-order valence-corrected chi connectivity index (χ2v) is 6.13. The predicted molar refractivity (Wildman–Crippen MR) is 100 cm³/mol. The summed E-state index contributed by atoms with van der Waals surface area (Å²) in [5.41, 5.74) is 2.04. The van der Waals surface area contributed by atoms with Crippen LogP contribution in [0.4, 0.5) is 5.69 Å². The zero-order valence-electron chi connectivity index (χ0n) is 14.6. The van der Waals surface area contributed by atoms with Crippen molar-refractivity contribution in [3.05, 3.63) is 74.4 Å². The van der Waals surface area contributed by atoms with Crippen LogP contribution in [-0.4, -0.2) is 23.0 Å². The monoisotopic (exact) mass is 386 g/mol. The van der Waals surface area contributed by atoms with Gasteiger partial charge >= 0.3 is 5.97 Å². The summed E-state index contributed by atoms with van der Waals surface area (Å²) in [7, 11) is 1.30. The van der Waals surface area contributed by atoms with Gasteiger partial charge in [-0.3, -0.25) is 10.1 Å². The van der Waals surface area contributed by atoms with E-state index >= 15 is 0 Å². The lowest BCUT2D eigenvalue weighted by Gasteiger charge is -2.14. The molecule has 0 saturated carbocycles. The minimum Gasteiger partial charge on any atom is -0.486 e. The van der Waals surface area contributed by atoms with Crippen LogP contribution in [0.3, 0.4) is 0 Å². The number of halogens is 1. The second kappa shape index (κ2) is 7.59. The number of carbonyl (C=O) groups is 1. The lowest BCUT2D eigenvalue weighted by molar-refractivity contribution is -0.384. The van der Waals surface area contributed by atoms with E-state index in [-0.39, 0.29) is 23.1 Å². The van der Waals surface area contributed by atoms with Crippen LogP contribution in [0.5, 0.6) is 5.75 Å². The van der Waals surface area contributed by atoms with E-state index in [1.807, 2.05) is 31.2 Å². The Morgan fingerprint density at radius 1 is 1.26 bits per heavy atom. The van der Waals surface area contributed by atoms with Crippen LogP contribution in [0.2, 0.25) is 5.02 Å². The topological polar surface area (TPSA) is 91.6 Å². The van der Waals surface area contributed by atoms with E-state index in [9.17, 15) is 14.9 Å². The van der Waals surface area contributed by atoms with Gasteiger partial charge in [-0.25, -0.2) is 9.78 Å². The quantitative estimate of drug-likeness (QED) is 0.365. The van der Waals surface area contributed by atoms with Crippen molar-refractivity contribution in [1.82, 2.24) is 4.98 Å². The number of hydrogen-bond donors (Lipinski definition) is 0. The highest BCUT2D eigenvalue weighted by Gasteiger charge is 2.20. The second-order valence-electron chi connectivity index (χ2n) is 5.73. The number of nitro benzene ring substituents is 1. The molecule has 0 radical (unpaired) electrons. The first-order valence-corrected chi connectivity index (χ1v) is 8.33. The van der Waals surface area contributed by atoms with Crippen molar-refractivity contribution in [2.24, 2.45) is 0 Å². The lowest BCUT2D eigenvalue weighted by atomic mass is 10.0. The Balaban J connectivity index is 1.99. The van der Waals surface area contributed by atoms with E-state index in [1.54, 1.807) is 0 Å². The fourth-order valence-corrected chi connectivity index (χ4v) is 3.01. The molecule has 8 heteroatoms. The highest BCUT2D eigenvalue weighted by Crippen LogP contribution is 2.30. The van der Waals surface area contributed by atoms with E-state index in [1.165, 1.54) is 25.3 Å². The third-order valence-electron chi connectivity index (χ3n) is 4.11. The van der Waals surface area contributed by atoms with Crippen LogP contribution >= 0.6 is 11.6 Å². The first-order valence-electron chi connectivity index (χ1n) is 7.95. The molecule has 0 aliphatic rings. The molecule has 0 spiro atoms. The van der Waals surface area contributed by atoms with Crippen molar-refractivity contribution in [2.45, 2.75) is 13.5 Å². The van der Waals surface area contributed by atoms with Gasteiger partial charge in [0, 0.05) is 17.5 Å². The van der Waals surface area contributed by atoms with Gasteiger partial charge in [0.2, 0.25) is 0 Å². The lowest BCUT2D eigenvalue weighted by Crippen LogP contribution is -2.13. The molecule has 0 aliphatic heterocycles. The maximum atomic E-state index is 12.3. The van der Waals surface area contributed by atoms with Crippen LogP contribution in [0.1, 0.15) is 21.6 Å². The molecule has 0 atom stereocenters. The van der Waals surface area contributed by atoms with Gasteiger partial charge in [-0.15, -0.1) is 0 Å². The molecule has 0 aliphatic carbocycles. The Labute approximate surface area is 159 Å². The Kier molecular flexibility index (Phi) is 5.23. The van der Waals surface area contributed by atoms with Gasteiger partial charge in [0.1, 0.15) is 12.4 Å². The van der Waals surface area contributed by atoms with Crippen molar-refractivity contribution < 1.29 is 19.2 Å². The van der Waals surface area contributed by atoms with Gasteiger partial charge in [0.15, 0.2) is 0 Å². The molecule has 1 aromatic heterocycles. The number of ether oxygens (including phenoxy) is 2. The van der Waals surface area contributed by atoms with Gasteiger partial charge < -0.3 is 9.47 Å². The number of rotatable bonds is 5. The minimum absolute atomic E-state index is 0.0480. The smallest absolute Gasteiger partial charge is 0.340 e. The van der Waals surface area contributed by atoms with Crippen LogP contribution in [0.25, 0.3) is 10.9 Å². The SMILES string of the molecule is COC(=O)c1c(COc2ccc([N+](=O)[O-])cc2Cl)nc2ccccc2c1C. The highest BCUT2D eigenvalue weighted by atomic mass is 35.5. The van der Waals surface area contributed by atoms with E-state index in [2.05, 4.69) is 4.98 Å². The van der Waals surface area contributed by atoms with Crippen molar-refractivity contribution >= 4 is 34.2 Å². The number of nitrogens with zero attached hydrogens (tertiary/aromatic N) is 2. The number of carbonyl (C=O) groups excluding carboxylic acids is 1. The number of aryl methyl sites for hydroxylation is 1. The molecular formula is C19H15ClN2O5. The van der Waals surface area contributed by atoms with E-state index in [0.29, 0.717) is 11.3 Å². The third-order valence-corrected chi connectivity index (χ3v) is 4.40. The van der Waals surface area contributed by atoms with Gasteiger partial charge in [-0.1, -0.05) is 29.8 Å². The largest absolute Gasteiger partial charge is 0.486 e. The van der Waals surface area contributed by atoms with Crippen molar-refractivity contribution in [1.29, 1.82) is 0 Å². The van der Waals surface area contributed by atoms with Crippen molar-refractivity contribution in [2.75, 3.05) is 7.11 Å². The summed E-state index contributed by atoms with van der Waals surface area (Å²) in [6.45, 7) is 1.77. The van der Waals surface area contributed by atoms with Crippen LogP contribution in [0, 0.1) is 17.0 Å². The van der Waals surface area contributed by atoms with Gasteiger partial charge in [-0.05, 0) is 24.6 Å².